The van der Waals surface area contributed by atoms with Gasteiger partial charge in [0.05, 0.1) is 0 Å². The Bertz CT molecular complexity index is 798. The maximum absolute atomic E-state index is 12.9. The molecule has 2 heterocycles. The fraction of sp³-hybridized carbons (Fsp3) is 0.417. The number of benzene rings is 1. The van der Waals surface area contributed by atoms with E-state index in [9.17, 15) is 4.79 Å². The fourth-order valence-electron chi connectivity index (χ4n) is 3.50. The Morgan fingerprint density at radius 1 is 1.14 bits per heavy atom. The molecule has 29 heavy (non-hydrogen) atoms. The van der Waals surface area contributed by atoms with Crippen molar-refractivity contribution in [3.8, 4) is 0 Å². The van der Waals surface area contributed by atoms with Crippen LogP contribution >= 0.6 is 0 Å². The number of carbonyl (C=O) groups excluding carboxylic acids is 1. The molecule has 1 amide bonds. The highest BCUT2D eigenvalue weighted by Crippen LogP contribution is 2.16. The second-order valence-corrected chi connectivity index (χ2v) is 7.58. The number of amides is 1. The third kappa shape index (κ3) is 6.16. The number of nitrogens with zero attached hydrogens (tertiary/aromatic N) is 4. The summed E-state index contributed by atoms with van der Waals surface area (Å²) in [7, 11) is 2.07. The van der Waals surface area contributed by atoms with Gasteiger partial charge in [0.2, 0.25) is 0 Å². The lowest BCUT2D eigenvalue weighted by Gasteiger charge is -2.34. The summed E-state index contributed by atoms with van der Waals surface area (Å²) in [6, 6.07) is 14.2. The third-order valence-corrected chi connectivity index (χ3v) is 5.38. The van der Waals surface area contributed by atoms with Gasteiger partial charge >= 0.3 is 0 Å². The highest BCUT2D eigenvalue weighted by molar-refractivity contribution is 5.93. The van der Waals surface area contributed by atoms with Crippen molar-refractivity contribution >= 4 is 17.7 Å². The molecule has 5 heteroatoms. The van der Waals surface area contributed by atoms with Gasteiger partial charge in [-0.3, -0.25) is 14.7 Å². The van der Waals surface area contributed by atoms with E-state index < -0.39 is 0 Å². The van der Waals surface area contributed by atoms with Gasteiger partial charge in [-0.25, -0.2) is 0 Å². The molecule has 0 aliphatic carbocycles. The van der Waals surface area contributed by atoms with Crippen molar-refractivity contribution in [3.63, 3.8) is 0 Å². The van der Waals surface area contributed by atoms with Crippen molar-refractivity contribution in [1.82, 2.24) is 14.8 Å². The molecule has 3 rings (SSSR count). The molecular weight excluding hydrogens is 360 g/mol. The molecule has 1 aromatic carbocycles. The number of piperazine rings is 1. The number of unbranched alkanes of at least 4 members (excludes halogenated alkanes) is 1. The Morgan fingerprint density at radius 3 is 2.62 bits per heavy atom. The third-order valence-electron chi connectivity index (χ3n) is 5.38. The van der Waals surface area contributed by atoms with Gasteiger partial charge in [-0.05, 0) is 24.1 Å². The molecular formula is C24H32N4O. The van der Waals surface area contributed by atoms with E-state index in [1.165, 1.54) is 5.56 Å². The van der Waals surface area contributed by atoms with Gasteiger partial charge in [-0.15, -0.1) is 0 Å². The van der Waals surface area contributed by atoms with Gasteiger partial charge in [0.15, 0.2) is 0 Å². The normalized spacial score (nSPS) is 15.0. The Hall–Kier alpha value is -2.66. The first-order valence-electron chi connectivity index (χ1n) is 10.6. The maximum atomic E-state index is 12.9. The van der Waals surface area contributed by atoms with Crippen molar-refractivity contribution in [2.24, 2.45) is 0 Å². The van der Waals surface area contributed by atoms with Crippen LogP contribution in [0.1, 0.15) is 35.8 Å². The summed E-state index contributed by atoms with van der Waals surface area (Å²) in [6.07, 6.45) is 8.40. The summed E-state index contributed by atoms with van der Waals surface area (Å²) >= 11 is 0. The molecule has 0 N–H and O–H groups in total. The van der Waals surface area contributed by atoms with Crippen LogP contribution in [0.15, 0.2) is 54.7 Å². The van der Waals surface area contributed by atoms with Crippen LogP contribution in [0.5, 0.6) is 0 Å². The molecule has 0 radical (unpaired) electrons. The van der Waals surface area contributed by atoms with E-state index in [2.05, 4.69) is 65.2 Å². The molecule has 5 nitrogen and oxygen atoms in total. The zero-order valence-corrected chi connectivity index (χ0v) is 17.6. The van der Waals surface area contributed by atoms with Gasteiger partial charge in [-0.1, -0.05) is 55.8 Å². The predicted octanol–water partition coefficient (Wildman–Crippen LogP) is 3.79. The predicted molar refractivity (Wildman–Crippen MR) is 120 cm³/mol. The van der Waals surface area contributed by atoms with E-state index in [1.54, 1.807) is 6.20 Å². The van der Waals surface area contributed by atoms with Gasteiger partial charge in [0.1, 0.15) is 5.69 Å². The van der Waals surface area contributed by atoms with E-state index in [0.29, 0.717) is 5.69 Å². The van der Waals surface area contributed by atoms with Crippen LogP contribution in [0.4, 0.5) is 5.69 Å². The van der Waals surface area contributed by atoms with Crippen molar-refractivity contribution < 1.29 is 4.79 Å². The van der Waals surface area contributed by atoms with E-state index >= 15 is 0 Å². The van der Waals surface area contributed by atoms with Crippen LogP contribution in [-0.2, 0) is 0 Å². The monoisotopic (exact) mass is 392 g/mol. The quantitative estimate of drug-likeness (QED) is 0.685. The molecule has 1 aromatic heterocycles. The average Bonchev–Trinajstić information content (AvgIpc) is 2.78. The molecule has 0 unspecified atom stereocenters. The molecule has 0 saturated carbocycles. The molecule has 1 saturated heterocycles. The van der Waals surface area contributed by atoms with Crippen LogP contribution < -0.4 is 4.90 Å². The lowest BCUT2D eigenvalue weighted by Crippen LogP contribution is -2.48. The molecule has 1 aliphatic heterocycles. The summed E-state index contributed by atoms with van der Waals surface area (Å²) in [5, 5.41) is 0. The highest BCUT2D eigenvalue weighted by atomic mass is 16.2. The molecule has 0 spiro atoms. The van der Waals surface area contributed by atoms with E-state index in [4.69, 9.17) is 0 Å². The number of hydrogen-bond acceptors (Lipinski definition) is 4. The smallest absolute Gasteiger partial charge is 0.272 e. The van der Waals surface area contributed by atoms with Gasteiger partial charge in [0.25, 0.3) is 5.91 Å². The number of pyridine rings is 1. The topological polar surface area (TPSA) is 39.7 Å². The van der Waals surface area contributed by atoms with E-state index in [0.717, 1.165) is 57.8 Å². The second-order valence-electron chi connectivity index (χ2n) is 7.58. The SMILES string of the molecule is CCCCN(C)c1ccnc(C(=O)N2CCN(C/C=C/c3ccccc3)CC2)c1. The van der Waals surface area contributed by atoms with Gasteiger partial charge in [-0.2, -0.15) is 0 Å². The van der Waals surface area contributed by atoms with Crippen molar-refractivity contribution in [1.29, 1.82) is 0 Å². The van der Waals surface area contributed by atoms with Gasteiger partial charge in [0, 0.05) is 58.2 Å². The first-order valence-corrected chi connectivity index (χ1v) is 10.6. The minimum absolute atomic E-state index is 0.0372. The molecule has 154 valence electrons. The van der Waals surface area contributed by atoms with Crippen LogP contribution in [0.3, 0.4) is 0 Å². The van der Waals surface area contributed by atoms with E-state index in [1.807, 2.05) is 23.1 Å². The Balaban J connectivity index is 1.50. The van der Waals surface area contributed by atoms with Crippen LogP contribution in [0.25, 0.3) is 6.08 Å². The minimum atomic E-state index is 0.0372. The number of rotatable bonds is 8. The Morgan fingerprint density at radius 2 is 1.90 bits per heavy atom. The number of anilines is 1. The summed E-state index contributed by atoms with van der Waals surface area (Å²) in [5.74, 6) is 0.0372. The summed E-state index contributed by atoms with van der Waals surface area (Å²) in [4.78, 5) is 23.7. The maximum Gasteiger partial charge on any atom is 0.272 e. The standard InChI is InChI=1S/C24H32N4O/c1-3-4-14-26(2)22-12-13-25-23(20-22)24(29)28-18-16-27(17-19-28)15-8-11-21-9-6-5-7-10-21/h5-13,20H,3-4,14-19H2,1-2H3/b11-8+. The molecule has 0 bridgehead atoms. The highest BCUT2D eigenvalue weighted by Gasteiger charge is 2.22. The lowest BCUT2D eigenvalue weighted by atomic mass is 10.2. The average molecular weight is 393 g/mol. The fourth-order valence-corrected chi connectivity index (χ4v) is 3.50. The first-order chi connectivity index (χ1) is 14.2. The van der Waals surface area contributed by atoms with Crippen molar-refractivity contribution in [2.45, 2.75) is 19.8 Å². The number of aromatic nitrogens is 1. The summed E-state index contributed by atoms with van der Waals surface area (Å²) in [6.45, 7) is 7.36. The van der Waals surface area contributed by atoms with Gasteiger partial charge < -0.3 is 9.80 Å². The lowest BCUT2D eigenvalue weighted by molar-refractivity contribution is 0.0644. The summed E-state index contributed by atoms with van der Waals surface area (Å²) in [5.41, 5.74) is 2.82. The number of hydrogen-bond donors (Lipinski definition) is 0. The minimum Gasteiger partial charge on any atom is -0.374 e. The van der Waals surface area contributed by atoms with Crippen LogP contribution in [0, 0.1) is 0 Å². The van der Waals surface area contributed by atoms with Crippen LogP contribution in [-0.4, -0.2) is 67.0 Å². The molecule has 1 fully saturated rings. The number of carbonyl (C=O) groups is 1. The largest absolute Gasteiger partial charge is 0.374 e. The molecule has 0 atom stereocenters. The van der Waals surface area contributed by atoms with E-state index in [-0.39, 0.29) is 5.91 Å². The summed E-state index contributed by atoms with van der Waals surface area (Å²) < 4.78 is 0. The Labute approximate surface area is 174 Å². The second kappa shape index (κ2) is 10.8. The van der Waals surface area contributed by atoms with Crippen molar-refractivity contribution in [3.05, 3.63) is 66.0 Å². The zero-order valence-electron chi connectivity index (χ0n) is 17.6. The molecule has 2 aromatic rings. The molecule has 1 aliphatic rings. The first kappa shape index (κ1) is 21.1. The van der Waals surface area contributed by atoms with Crippen LogP contribution in [0.2, 0.25) is 0 Å². The zero-order chi connectivity index (χ0) is 20.5. The van der Waals surface area contributed by atoms with Crippen molar-refractivity contribution in [2.75, 3.05) is 51.2 Å². The Kier molecular flexibility index (Phi) is 7.82.